The lowest BCUT2D eigenvalue weighted by atomic mass is 10.3. The standard InChI is InChI=1S/C11H8N4O2S/c12-5-6-13-9(16)10(17)15-11-14-7-3-1-2-4-8(7)18-11/h1-4H,6H2,(H,13,16)(H,14,15,17). The fourth-order valence-electron chi connectivity index (χ4n) is 1.28. The number of nitriles is 1. The van der Waals surface area contributed by atoms with Crippen molar-refractivity contribution in [3.63, 3.8) is 0 Å². The Morgan fingerprint density at radius 3 is 2.83 bits per heavy atom. The Kier molecular flexibility index (Phi) is 3.50. The topological polar surface area (TPSA) is 94.9 Å². The van der Waals surface area contributed by atoms with E-state index < -0.39 is 11.8 Å². The molecule has 90 valence electrons. The molecule has 0 unspecified atom stereocenters. The summed E-state index contributed by atoms with van der Waals surface area (Å²) in [6.07, 6.45) is 0. The van der Waals surface area contributed by atoms with Gasteiger partial charge >= 0.3 is 11.8 Å². The number of benzene rings is 1. The zero-order valence-corrected chi connectivity index (χ0v) is 9.95. The maximum absolute atomic E-state index is 11.4. The lowest BCUT2D eigenvalue weighted by molar-refractivity contribution is -0.136. The van der Waals surface area contributed by atoms with Gasteiger partial charge < -0.3 is 5.32 Å². The summed E-state index contributed by atoms with van der Waals surface area (Å²) in [5.41, 5.74) is 0.759. The molecule has 2 N–H and O–H groups in total. The van der Waals surface area contributed by atoms with Crippen LogP contribution in [-0.2, 0) is 9.59 Å². The van der Waals surface area contributed by atoms with E-state index >= 15 is 0 Å². The van der Waals surface area contributed by atoms with Gasteiger partial charge in [0.2, 0.25) is 0 Å². The van der Waals surface area contributed by atoms with Crippen LogP contribution in [0.1, 0.15) is 0 Å². The Morgan fingerprint density at radius 1 is 1.33 bits per heavy atom. The largest absolute Gasteiger partial charge is 0.335 e. The maximum Gasteiger partial charge on any atom is 0.315 e. The Labute approximate surface area is 106 Å². The van der Waals surface area contributed by atoms with Gasteiger partial charge in [-0.3, -0.25) is 14.9 Å². The summed E-state index contributed by atoms with van der Waals surface area (Å²) in [5.74, 6) is -1.68. The number of anilines is 1. The van der Waals surface area contributed by atoms with Crippen molar-refractivity contribution in [2.24, 2.45) is 0 Å². The van der Waals surface area contributed by atoms with E-state index in [0.717, 1.165) is 10.2 Å². The van der Waals surface area contributed by atoms with Gasteiger partial charge in [-0.05, 0) is 12.1 Å². The first kappa shape index (κ1) is 12.0. The molecular formula is C11H8N4O2S. The Bertz CT molecular complexity index is 611. The second kappa shape index (κ2) is 5.25. The molecule has 0 saturated carbocycles. The van der Waals surface area contributed by atoms with Gasteiger partial charge in [-0.2, -0.15) is 5.26 Å². The van der Waals surface area contributed by atoms with Crippen LogP contribution >= 0.6 is 11.3 Å². The molecule has 0 aliphatic rings. The first-order valence-corrected chi connectivity index (χ1v) is 5.84. The highest BCUT2D eigenvalue weighted by Crippen LogP contribution is 2.25. The van der Waals surface area contributed by atoms with Crippen molar-refractivity contribution < 1.29 is 9.59 Å². The van der Waals surface area contributed by atoms with E-state index in [2.05, 4.69) is 15.6 Å². The molecule has 0 spiro atoms. The van der Waals surface area contributed by atoms with Crippen molar-refractivity contribution in [3.8, 4) is 6.07 Å². The molecule has 2 aromatic rings. The number of para-hydroxylation sites is 1. The zero-order chi connectivity index (χ0) is 13.0. The summed E-state index contributed by atoms with van der Waals surface area (Å²) < 4.78 is 0.922. The van der Waals surface area contributed by atoms with E-state index in [1.807, 2.05) is 24.3 Å². The molecule has 1 aromatic heterocycles. The van der Waals surface area contributed by atoms with Crippen LogP contribution in [0.2, 0.25) is 0 Å². The van der Waals surface area contributed by atoms with E-state index in [1.165, 1.54) is 11.3 Å². The third-order valence-electron chi connectivity index (χ3n) is 2.05. The molecule has 0 aliphatic carbocycles. The van der Waals surface area contributed by atoms with E-state index in [4.69, 9.17) is 5.26 Å². The monoisotopic (exact) mass is 260 g/mol. The van der Waals surface area contributed by atoms with Gasteiger partial charge in [0.25, 0.3) is 0 Å². The van der Waals surface area contributed by atoms with E-state index in [9.17, 15) is 9.59 Å². The van der Waals surface area contributed by atoms with E-state index in [1.54, 1.807) is 6.07 Å². The van der Waals surface area contributed by atoms with Gasteiger partial charge in [0.05, 0.1) is 16.3 Å². The third kappa shape index (κ3) is 2.61. The predicted octanol–water partition coefficient (Wildman–Crippen LogP) is 0.875. The molecule has 18 heavy (non-hydrogen) atoms. The third-order valence-corrected chi connectivity index (χ3v) is 3.00. The van der Waals surface area contributed by atoms with Crippen molar-refractivity contribution in [3.05, 3.63) is 24.3 Å². The molecule has 7 heteroatoms. The minimum absolute atomic E-state index is 0.202. The lowest BCUT2D eigenvalue weighted by Crippen LogP contribution is -2.35. The van der Waals surface area contributed by atoms with Gasteiger partial charge in [0.1, 0.15) is 6.54 Å². The van der Waals surface area contributed by atoms with Crippen LogP contribution in [0.4, 0.5) is 5.13 Å². The van der Waals surface area contributed by atoms with Crippen molar-refractivity contribution >= 4 is 38.5 Å². The van der Waals surface area contributed by atoms with Crippen LogP contribution in [0.25, 0.3) is 10.2 Å². The average Bonchev–Trinajstić information content (AvgIpc) is 2.77. The Hall–Kier alpha value is -2.46. The van der Waals surface area contributed by atoms with Crippen molar-refractivity contribution in [1.29, 1.82) is 5.26 Å². The minimum Gasteiger partial charge on any atom is -0.335 e. The van der Waals surface area contributed by atoms with E-state index in [0.29, 0.717) is 5.13 Å². The summed E-state index contributed by atoms with van der Waals surface area (Å²) in [5, 5.41) is 13.2. The summed E-state index contributed by atoms with van der Waals surface area (Å²) >= 11 is 1.28. The molecule has 0 radical (unpaired) electrons. The molecule has 1 aromatic carbocycles. The second-order valence-corrected chi connectivity index (χ2v) is 4.31. The van der Waals surface area contributed by atoms with Crippen LogP contribution in [0.15, 0.2) is 24.3 Å². The highest BCUT2D eigenvalue weighted by Gasteiger charge is 2.14. The minimum atomic E-state index is -0.851. The van der Waals surface area contributed by atoms with E-state index in [-0.39, 0.29) is 6.54 Å². The highest BCUT2D eigenvalue weighted by atomic mass is 32.1. The molecule has 0 fully saturated rings. The number of rotatable bonds is 2. The number of amides is 2. The molecule has 0 aliphatic heterocycles. The molecule has 0 saturated heterocycles. The van der Waals surface area contributed by atoms with Gasteiger partial charge in [0.15, 0.2) is 5.13 Å². The summed E-state index contributed by atoms with van der Waals surface area (Å²) in [6, 6.07) is 9.11. The summed E-state index contributed by atoms with van der Waals surface area (Å²) in [6.45, 7) is -0.202. The molecule has 1 heterocycles. The number of nitrogens with one attached hydrogen (secondary N) is 2. The van der Waals surface area contributed by atoms with Crippen LogP contribution in [0, 0.1) is 11.3 Å². The first-order chi connectivity index (χ1) is 8.70. The molecule has 2 amide bonds. The highest BCUT2D eigenvalue weighted by molar-refractivity contribution is 7.22. The fraction of sp³-hybridized carbons (Fsp3) is 0.0909. The second-order valence-electron chi connectivity index (χ2n) is 3.28. The summed E-state index contributed by atoms with van der Waals surface area (Å²) in [7, 11) is 0. The fourth-order valence-corrected chi connectivity index (χ4v) is 2.14. The molecule has 0 atom stereocenters. The molecule has 6 nitrogen and oxygen atoms in total. The van der Waals surface area contributed by atoms with Crippen molar-refractivity contribution in [2.75, 3.05) is 11.9 Å². The number of carbonyl (C=O) groups is 2. The summed E-state index contributed by atoms with van der Waals surface area (Å²) in [4.78, 5) is 26.8. The Morgan fingerprint density at radius 2 is 2.11 bits per heavy atom. The van der Waals surface area contributed by atoms with Gasteiger partial charge in [-0.1, -0.05) is 23.5 Å². The number of thiazole rings is 1. The number of hydrogen-bond donors (Lipinski definition) is 2. The number of nitrogens with zero attached hydrogens (tertiary/aromatic N) is 2. The average molecular weight is 260 g/mol. The first-order valence-electron chi connectivity index (χ1n) is 5.02. The normalized spacial score (nSPS) is 9.72. The van der Waals surface area contributed by atoms with Gasteiger partial charge in [-0.15, -0.1) is 0 Å². The van der Waals surface area contributed by atoms with Crippen LogP contribution in [0.5, 0.6) is 0 Å². The van der Waals surface area contributed by atoms with Crippen LogP contribution in [-0.4, -0.2) is 23.3 Å². The molecule has 0 bridgehead atoms. The SMILES string of the molecule is N#CCNC(=O)C(=O)Nc1nc2ccccc2s1. The number of hydrogen-bond acceptors (Lipinski definition) is 5. The predicted molar refractivity (Wildman–Crippen MR) is 66.9 cm³/mol. The van der Waals surface area contributed by atoms with Crippen LogP contribution < -0.4 is 10.6 Å². The number of carbonyl (C=O) groups excluding carboxylic acids is 2. The Balaban J connectivity index is 2.07. The smallest absolute Gasteiger partial charge is 0.315 e. The van der Waals surface area contributed by atoms with Crippen molar-refractivity contribution in [1.82, 2.24) is 10.3 Å². The molecule has 2 rings (SSSR count). The quantitative estimate of drug-likeness (QED) is 0.618. The van der Waals surface area contributed by atoms with Crippen molar-refractivity contribution in [2.45, 2.75) is 0 Å². The lowest BCUT2D eigenvalue weighted by Gasteiger charge is -1.99. The van der Waals surface area contributed by atoms with Gasteiger partial charge in [0, 0.05) is 0 Å². The van der Waals surface area contributed by atoms with Gasteiger partial charge in [-0.25, -0.2) is 4.98 Å². The number of fused-ring (bicyclic) bond motifs is 1. The maximum atomic E-state index is 11.4. The number of aromatic nitrogens is 1. The zero-order valence-electron chi connectivity index (χ0n) is 9.14. The molecular weight excluding hydrogens is 252 g/mol. The van der Waals surface area contributed by atoms with Crippen LogP contribution in [0.3, 0.4) is 0 Å².